The number of hydrogen-bond acceptors (Lipinski definition) is 9. The Morgan fingerprint density at radius 1 is 0.492 bits per heavy atom. The fourth-order valence-electron chi connectivity index (χ4n) is 6.93. The van der Waals surface area contributed by atoms with Crippen molar-refractivity contribution in [1.82, 2.24) is 0 Å². The van der Waals surface area contributed by atoms with Gasteiger partial charge in [0.15, 0.2) is 11.5 Å². The van der Waals surface area contributed by atoms with Crippen LogP contribution in [0.25, 0.3) is 0 Å². The molecule has 0 saturated heterocycles. The average molecular weight is 907 g/mol. The Hall–Kier alpha value is -2.84. The molecule has 0 bridgehead atoms. The predicted molar refractivity (Wildman–Crippen MR) is 242 cm³/mol. The summed E-state index contributed by atoms with van der Waals surface area (Å²) in [5.41, 5.74) is 1.62. The molecule has 0 unspecified atom stereocenters. The van der Waals surface area contributed by atoms with Crippen LogP contribution in [0.5, 0.6) is 34.5 Å². The van der Waals surface area contributed by atoms with Crippen molar-refractivity contribution in [1.29, 1.82) is 0 Å². The summed E-state index contributed by atoms with van der Waals surface area (Å²) in [6, 6.07) is 21.6. The van der Waals surface area contributed by atoms with Gasteiger partial charge in [-0.3, -0.25) is 4.55 Å². The number of aryl methyl sites for hydroxylation is 2. The second-order valence-electron chi connectivity index (χ2n) is 15.5. The van der Waals surface area contributed by atoms with Crippen molar-refractivity contribution in [3.63, 3.8) is 0 Å². The van der Waals surface area contributed by atoms with Crippen LogP contribution in [0.1, 0.15) is 153 Å². The molecule has 13 heteroatoms. The van der Waals surface area contributed by atoms with Crippen LogP contribution in [0, 0.1) is 0 Å². The molecular formula is C48H66CaO10S2. The van der Waals surface area contributed by atoms with Gasteiger partial charge in [-0.05, 0) is 79.3 Å². The van der Waals surface area contributed by atoms with E-state index in [1.54, 1.807) is 36.4 Å². The maximum Gasteiger partial charge on any atom is 2.00 e. The molecule has 0 aliphatic rings. The molecule has 0 aromatic heterocycles. The number of unbranched alkanes of at least 4 members (excludes halogenated alkanes) is 18. The molecular weight excluding hydrogens is 841 g/mol. The molecule has 0 amide bonds. The predicted octanol–water partition coefficient (Wildman–Crippen LogP) is 12.4. The summed E-state index contributed by atoms with van der Waals surface area (Å²) in [5.74, 6) is -0.477. The molecule has 0 aliphatic heterocycles. The molecule has 0 fully saturated rings. The van der Waals surface area contributed by atoms with Gasteiger partial charge in [-0.2, -0.15) is 8.42 Å². The summed E-state index contributed by atoms with van der Waals surface area (Å²) in [4.78, 5) is -0.703. The quantitative estimate of drug-likeness (QED) is 0.0317. The van der Waals surface area contributed by atoms with Gasteiger partial charge in [-0.25, -0.2) is 8.42 Å². The third-order valence-electron chi connectivity index (χ3n) is 10.4. The maximum atomic E-state index is 11.8. The van der Waals surface area contributed by atoms with Gasteiger partial charge in [-0.15, -0.1) is 0 Å². The van der Waals surface area contributed by atoms with Crippen molar-refractivity contribution in [2.24, 2.45) is 0 Å². The van der Waals surface area contributed by atoms with Gasteiger partial charge >= 0.3 is 37.7 Å². The Kier molecular flexibility index (Phi) is 27.0. The van der Waals surface area contributed by atoms with E-state index in [9.17, 15) is 36.2 Å². The number of phenols is 1. The van der Waals surface area contributed by atoms with E-state index >= 15 is 0 Å². The van der Waals surface area contributed by atoms with Crippen molar-refractivity contribution < 1.29 is 45.6 Å². The Morgan fingerprint density at radius 3 is 1.30 bits per heavy atom. The standard InChI is InChI=1S/2C24H34O5S.Ca/c2*1-2-3-4-5-6-7-8-9-10-11-14-20-17-18-23(24(19-20)30(26,27)28)29-22-16-13-12-15-21(22)25;/h2*12-13,15-19,25H,2-11,14H2,1H3,(H,26,27,28);/q;;+2/p-2. The van der Waals surface area contributed by atoms with E-state index in [1.165, 1.54) is 151 Å². The summed E-state index contributed by atoms with van der Waals surface area (Å²) < 4.78 is 79.4. The third-order valence-corrected chi connectivity index (χ3v) is 12.1. The fraction of sp³-hybridized carbons (Fsp3) is 0.500. The summed E-state index contributed by atoms with van der Waals surface area (Å²) in [6.45, 7) is 4.45. The van der Waals surface area contributed by atoms with Gasteiger partial charge in [0, 0.05) is 0 Å². The number of hydrogen-bond donors (Lipinski definition) is 2. The zero-order valence-electron chi connectivity index (χ0n) is 36.3. The first-order chi connectivity index (χ1) is 28.8. The van der Waals surface area contributed by atoms with Crippen LogP contribution >= 0.6 is 0 Å². The van der Waals surface area contributed by atoms with Crippen molar-refractivity contribution in [2.75, 3.05) is 0 Å². The average Bonchev–Trinajstić information content (AvgIpc) is 3.21. The van der Waals surface area contributed by atoms with Crippen LogP contribution in [-0.4, -0.2) is 68.8 Å². The Balaban J connectivity index is 0.000000413. The van der Waals surface area contributed by atoms with Gasteiger partial charge in [0.25, 0.3) is 10.1 Å². The Morgan fingerprint density at radius 2 is 0.869 bits per heavy atom. The number of ether oxygens (including phenoxy) is 2. The van der Waals surface area contributed by atoms with Crippen LogP contribution in [0.2, 0.25) is 0 Å². The zero-order valence-corrected chi connectivity index (χ0v) is 40.2. The first-order valence-electron chi connectivity index (χ1n) is 21.9. The van der Waals surface area contributed by atoms with Gasteiger partial charge in [0.05, 0.1) is 4.90 Å². The molecule has 4 rings (SSSR count). The topological polar surface area (TPSA) is 173 Å². The number of aromatic hydroxyl groups is 1. The minimum absolute atomic E-state index is 0. The molecule has 0 radical (unpaired) electrons. The fourth-order valence-corrected chi connectivity index (χ4v) is 8.25. The molecule has 10 nitrogen and oxygen atoms in total. The maximum absolute atomic E-state index is 11.8. The first kappa shape index (κ1) is 54.3. The van der Waals surface area contributed by atoms with Crippen molar-refractivity contribution in [2.45, 2.75) is 165 Å². The first-order valence-corrected chi connectivity index (χ1v) is 24.8. The zero-order chi connectivity index (χ0) is 43.6. The van der Waals surface area contributed by atoms with E-state index in [1.807, 2.05) is 0 Å². The van der Waals surface area contributed by atoms with E-state index < -0.39 is 25.1 Å². The molecule has 4 aromatic carbocycles. The van der Waals surface area contributed by atoms with Gasteiger partial charge < -0.3 is 24.2 Å². The minimum Gasteiger partial charge on any atom is -0.870 e. The van der Waals surface area contributed by atoms with Gasteiger partial charge in [0.2, 0.25) is 0 Å². The summed E-state index contributed by atoms with van der Waals surface area (Å²) in [7, 11) is -9.17. The summed E-state index contributed by atoms with van der Waals surface area (Å²) in [6.07, 6.45) is 26.1. The summed E-state index contributed by atoms with van der Waals surface area (Å²) in [5, 5.41) is 21.7. The van der Waals surface area contributed by atoms with Crippen LogP contribution in [0.15, 0.2) is 94.7 Å². The van der Waals surface area contributed by atoms with E-state index in [4.69, 9.17) is 9.47 Å². The van der Waals surface area contributed by atoms with Crippen LogP contribution in [-0.2, 0) is 33.1 Å². The third kappa shape index (κ3) is 21.9. The molecule has 0 heterocycles. The molecule has 0 atom stereocenters. The van der Waals surface area contributed by atoms with E-state index in [0.29, 0.717) is 6.42 Å². The van der Waals surface area contributed by atoms with E-state index in [-0.39, 0.29) is 77.1 Å². The second-order valence-corrected chi connectivity index (χ2v) is 18.2. The number of phenolic OH excluding ortho intramolecular Hbond substituents is 1. The Bertz CT molecular complexity index is 1910. The molecule has 0 spiro atoms. The SMILES string of the molecule is CCCCCCCCCCCCc1ccc(Oc2ccccc2O)c(S(=O)(=O)O)c1.CCCCCCCCCCCCc1ccc(Oc2ccccc2[O-])c(S(=O)(=O)[O-])c1.[Ca+2]. The molecule has 0 saturated carbocycles. The normalized spacial score (nSPS) is 11.3. The van der Waals surface area contributed by atoms with Crippen molar-refractivity contribution in [3.05, 3.63) is 96.1 Å². The molecule has 0 aliphatic carbocycles. The Labute approximate surface area is 396 Å². The number of rotatable bonds is 28. The molecule has 2 N–H and O–H groups in total. The number of benzene rings is 4. The van der Waals surface area contributed by atoms with Crippen molar-refractivity contribution >= 4 is 58.0 Å². The van der Waals surface area contributed by atoms with Crippen molar-refractivity contribution in [3.8, 4) is 34.5 Å². The largest absolute Gasteiger partial charge is 2.00 e. The summed E-state index contributed by atoms with van der Waals surface area (Å²) >= 11 is 0. The second kappa shape index (κ2) is 30.3. The van der Waals surface area contributed by atoms with Crippen LogP contribution in [0.3, 0.4) is 0 Å². The number of para-hydroxylation sites is 4. The smallest absolute Gasteiger partial charge is 0.870 e. The van der Waals surface area contributed by atoms with E-state index in [2.05, 4.69) is 13.8 Å². The van der Waals surface area contributed by atoms with E-state index in [0.717, 1.165) is 43.2 Å². The molecule has 61 heavy (non-hydrogen) atoms. The minimum atomic E-state index is -4.72. The van der Waals surface area contributed by atoms with Gasteiger partial charge in [0.1, 0.15) is 32.3 Å². The van der Waals surface area contributed by atoms with Gasteiger partial charge in [-0.1, -0.05) is 178 Å². The van der Waals surface area contributed by atoms with Crippen LogP contribution < -0.4 is 14.6 Å². The molecule has 332 valence electrons. The molecule has 4 aromatic rings. The monoisotopic (exact) mass is 906 g/mol. The van der Waals surface area contributed by atoms with Crippen LogP contribution in [0.4, 0.5) is 0 Å².